The number of ether oxygens (including phenoxy) is 1. The minimum atomic E-state index is -1.18. The Bertz CT molecular complexity index is 626. The van der Waals surface area contributed by atoms with Gasteiger partial charge in [0.25, 0.3) is 5.91 Å². The Kier molecular flexibility index (Phi) is 4.62. The molecule has 0 saturated carbocycles. The van der Waals surface area contributed by atoms with Crippen molar-refractivity contribution >= 4 is 11.9 Å². The number of rotatable bonds is 6. The number of hydrogen-bond acceptors (Lipinski definition) is 5. The van der Waals surface area contributed by atoms with Gasteiger partial charge in [0.2, 0.25) is 0 Å². The molecule has 2 rings (SSSR count). The van der Waals surface area contributed by atoms with Gasteiger partial charge < -0.3 is 15.2 Å². The smallest absolute Gasteiger partial charge is 0.328 e. The van der Waals surface area contributed by atoms with Crippen molar-refractivity contribution < 1.29 is 19.4 Å². The molecule has 0 aliphatic rings. The second-order valence-electron chi connectivity index (χ2n) is 4.20. The molecule has 8 heteroatoms. The summed E-state index contributed by atoms with van der Waals surface area (Å²) in [4.78, 5) is 22.9. The zero-order chi connectivity index (χ0) is 15.2. The first-order valence-electron chi connectivity index (χ1n) is 6.12. The minimum absolute atomic E-state index is 0.0289. The topological polar surface area (TPSA) is 106 Å². The van der Waals surface area contributed by atoms with E-state index < -0.39 is 17.9 Å². The highest BCUT2D eigenvalue weighted by Gasteiger charge is 2.22. The number of nitrogens with zero attached hydrogens (tertiary/aromatic N) is 3. The number of aromatic nitrogens is 3. The molecule has 0 spiro atoms. The normalized spacial score (nSPS) is 11.9. The molecule has 0 fully saturated rings. The average molecular weight is 290 g/mol. The number of carboxylic acid groups (broad SMARTS) is 1. The van der Waals surface area contributed by atoms with Crippen LogP contribution in [0.15, 0.2) is 36.5 Å². The Morgan fingerprint density at radius 2 is 2.10 bits per heavy atom. The van der Waals surface area contributed by atoms with E-state index in [1.54, 1.807) is 12.1 Å². The first-order valence-corrected chi connectivity index (χ1v) is 6.12. The number of carbonyl (C=O) groups excluding carboxylic acids is 1. The molecule has 110 valence electrons. The Hall–Kier alpha value is -2.74. The molecule has 1 aromatic carbocycles. The molecule has 0 radical (unpaired) electrons. The lowest BCUT2D eigenvalue weighted by Gasteiger charge is -2.11. The maximum absolute atomic E-state index is 11.9. The Morgan fingerprint density at radius 3 is 2.71 bits per heavy atom. The molecular weight excluding hydrogens is 276 g/mol. The van der Waals surface area contributed by atoms with Crippen LogP contribution >= 0.6 is 0 Å². The summed E-state index contributed by atoms with van der Waals surface area (Å²) >= 11 is 0. The number of carbonyl (C=O) groups is 2. The monoisotopic (exact) mass is 290 g/mol. The van der Waals surface area contributed by atoms with Gasteiger partial charge in [0.15, 0.2) is 11.7 Å². The fourth-order valence-electron chi connectivity index (χ4n) is 1.65. The van der Waals surface area contributed by atoms with Crippen molar-refractivity contribution in [3.8, 4) is 5.69 Å². The quantitative estimate of drug-likeness (QED) is 0.781. The van der Waals surface area contributed by atoms with Crippen molar-refractivity contribution in [1.29, 1.82) is 0 Å². The van der Waals surface area contributed by atoms with Crippen LogP contribution in [0.2, 0.25) is 0 Å². The summed E-state index contributed by atoms with van der Waals surface area (Å²) in [5, 5.41) is 18.8. The van der Waals surface area contributed by atoms with E-state index in [9.17, 15) is 9.59 Å². The molecule has 1 atom stereocenters. The molecule has 1 heterocycles. The standard InChI is InChI=1S/C13H14N4O4/c1-21-8-11(13(19)20)14-12(18)10-7-17(16-15-10)9-5-3-2-4-6-9/h2-7,11H,8H2,1H3,(H,14,18)(H,19,20). The van der Waals surface area contributed by atoms with E-state index in [1.165, 1.54) is 18.0 Å². The minimum Gasteiger partial charge on any atom is -0.480 e. The number of para-hydroxylation sites is 1. The Balaban J connectivity index is 2.10. The molecule has 2 N–H and O–H groups in total. The molecule has 0 aliphatic heterocycles. The van der Waals surface area contributed by atoms with Gasteiger partial charge in [-0.15, -0.1) is 5.10 Å². The third-order valence-electron chi connectivity index (χ3n) is 2.68. The highest BCUT2D eigenvalue weighted by molar-refractivity contribution is 5.94. The highest BCUT2D eigenvalue weighted by Crippen LogP contribution is 2.05. The molecule has 0 saturated heterocycles. The number of aliphatic carboxylic acids is 1. The lowest BCUT2D eigenvalue weighted by Crippen LogP contribution is -2.43. The lowest BCUT2D eigenvalue weighted by molar-refractivity contribution is -0.140. The predicted molar refractivity (Wildman–Crippen MR) is 72.1 cm³/mol. The number of hydrogen-bond donors (Lipinski definition) is 2. The van der Waals surface area contributed by atoms with Crippen molar-refractivity contribution in [2.45, 2.75) is 6.04 Å². The summed E-state index contributed by atoms with van der Waals surface area (Å²) in [7, 11) is 1.35. The van der Waals surface area contributed by atoms with E-state index in [4.69, 9.17) is 9.84 Å². The zero-order valence-electron chi connectivity index (χ0n) is 11.3. The van der Waals surface area contributed by atoms with Crippen molar-refractivity contribution in [2.24, 2.45) is 0 Å². The highest BCUT2D eigenvalue weighted by atomic mass is 16.5. The summed E-state index contributed by atoms with van der Waals surface area (Å²) in [6.45, 7) is -0.131. The maximum Gasteiger partial charge on any atom is 0.328 e. The van der Waals surface area contributed by atoms with Gasteiger partial charge in [0.05, 0.1) is 18.5 Å². The van der Waals surface area contributed by atoms with Gasteiger partial charge in [0.1, 0.15) is 0 Å². The molecule has 0 bridgehead atoms. The van der Waals surface area contributed by atoms with Gasteiger partial charge in [-0.2, -0.15) is 0 Å². The van der Waals surface area contributed by atoms with E-state index in [1.807, 2.05) is 18.2 Å². The average Bonchev–Trinajstić information content (AvgIpc) is 2.97. The summed E-state index contributed by atoms with van der Waals surface area (Å²) in [6.07, 6.45) is 1.43. The molecule has 0 aliphatic carbocycles. The van der Waals surface area contributed by atoms with E-state index >= 15 is 0 Å². The molecule has 21 heavy (non-hydrogen) atoms. The van der Waals surface area contributed by atoms with Gasteiger partial charge in [0, 0.05) is 7.11 Å². The molecular formula is C13H14N4O4. The maximum atomic E-state index is 11.9. The van der Waals surface area contributed by atoms with Crippen molar-refractivity contribution in [3.05, 3.63) is 42.2 Å². The van der Waals surface area contributed by atoms with Crippen LogP contribution in [0.1, 0.15) is 10.5 Å². The summed E-state index contributed by atoms with van der Waals surface area (Å²) in [6, 6.07) is 7.99. The molecule has 1 amide bonds. The number of amides is 1. The van der Waals surface area contributed by atoms with Gasteiger partial charge >= 0.3 is 5.97 Å². The predicted octanol–water partition coefficient (Wildman–Crippen LogP) is 0.0967. The van der Waals surface area contributed by atoms with Gasteiger partial charge in [-0.05, 0) is 12.1 Å². The first kappa shape index (κ1) is 14.7. The van der Waals surface area contributed by atoms with E-state index in [-0.39, 0.29) is 12.3 Å². The summed E-state index contributed by atoms with van der Waals surface area (Å²) in [5.74, 6) is -1.80. The number of carboxylic acids is 1. The Labute approximate surface area is 120 Å². The third-order valence-corrected chi connectivity index (χ3v) is 2.68. The van der Waals surface area contributed by atoms with Gasteiger partial charge in [-0.3, -0.25) is 4.79 Å². The molecule has 8 nitrogen and oxygen atoms in total. The number of benzene rings is 1. The Morgan fingerprint density at radius 1 is 1.38 bits per heavy atom. The van der Waals surface area contributed by atoms with Crippen LogP contribution in [0, 0.1) is 0 Å². The van der Waals surface area contributed by atoms with E-state index in [0.29, 0.717) is 0 Å². The SMILES string of the molecule is COCC(NC(=O)c1cn(-c2ccccc2)nn1)C(=O)O. The summed E-state index contributed by atoms with van der Waals surface area (Å²) in [5.41, 5.74) is 0.775. The van der Waals surface area contributed by atoms with Crippen molar-refractivity contribution in [1.82, 2.24) is 20.3 Å². The fourth-order valence-corrected chi connectivity index (χ4v) is 1.65. The second kappa shape index (κ2) is 6.62. The van der Waals surface area contributed by atoms with Crippen molar-refractivity contribution in [2.75, 3.05) is 13.7 Å². The van der Waals surface area contributed by atoms with Crippen LogP contribution in [-0.2, 0) is 9.53 Å². The van der Waals surface area contributed by atoms with Crippen LogP contribution in [0.5, 0.6) is 0 Å². The largest absolute Gasteiger partial charge is 0.480 e. The first-order chi connectivity index (χ1) is 10.1. The second-order valence-corrected chi connectivity index (χ2v) is 4.20. The molecule has 1 unspecified atom stereocenters. The van der Waals surface area contributed by atoms with Crippen LogP contribution < -0.4 is 5.32 Å². The van der Waals surface area contributed by atoms with Gasteiger partial charge in [-0.25, -0.2) is 9.48 Å². The molecule has 2 aromatic rings. The third kappa shape index (κ3) is 3.63. The van der Waals surface area contributed by atoms with Crippen molar-refractivity contribution in [3.63, 3.8) is 0 Å². The van der Waals surface area contributed by atoms with E-state index in [2.05, 4.69) is 15.6 Å². The zero-order valence-corrected chi connectivity index (χ0v) is 11.3. The van der Waals surface area contributed by atoms with Crippen LogP contribution in [0.3, 0.4) is 0 Å². The fraction of sp³-hybridized carbons (Fsp3) is 0.231. The van der Waals surface area contributed by atoms with Crippen LogP contribution in [0.4, 0.5) is 0 Å². The van der Waals surface area contributed by atoms with Crippen LogP contribution in [-0.4, -0.2) is 51.7 Å². The molecule has 1 aromatic heterocycles. The van der Waals surface area contributed by atoms with Gasteiger partial charge in [-0.1, -0.05) is 23.4 Å². The number of methoxy groups -OCH3 is 1. The van der Waals surface area contributed by atoms with E-state index in [0.717, 1.165) is 5.69 Å². The lowest BCUT2D eigenvalue weighted by atomic mass is 10.3. The number of nitrogens with one attached hydrogen (secondary N) is 1. The summed E-state index contributed by atoms with van der Waals surface area (Å²) < 4.78 is 6.17. The van der Waals surface area contributed by atoms with Crippen LogP contribution in [0.25, 0.3) is 5.69 Å².